The average Bonchev–Trinajstić information content (AvgIpc) is 3.31. The minimum Gasteiger partial charge on any atom is -0.497 e. The average molecular weight is 580 g/mol. The summed E-state index contributed by atoms with van der Waals surface area (Å²) in [5.74, 6) is 0.456. The van der Waals surface area contributed by atoms with Crippen molar-refractivity contribution in [2.45, 2.75) is 24.3 Å². The molecular weight excluding hydrogens is 541 g/mol. The second-order valence-electron chi connectivity index (χ2n) is 11.5. The molecule has 2 fully saturated rings. The van der Waals surface area contributed by atoms with E-state index in [4.69, 9.17) is 9.47 Å². The summed E-state index contributed by atoms with van der Waals surface area (Å²) < 4.78 is 26.5. The molecule has 2 aromatic carbocycles. The minimum atomic E-state index is -0.588. The number of hydrogen-bond donors (Lipinski definition) is 2. The van der Waals surface area contributed by atoms with Gasteiger partial charge in [-0.25, -0.2) is 9.18 Å². The van der Waals surface area contributed by atoms with Crippen LogP contribution in [0.25, 0.3) is 10.9 Å². The van der Waals surface area contributed by atoms with Crippen LogP contribution >= 0.6 is 0 Å². The summed E-state index contributed by atoms with van der Waals surface area (Å²) in [6.07, 6.45) is 1.36. The van der Waals surface area contributed by atoms with Crippen molar-refractivity contribution in [2.24, 2.45) is 7.05 Å². The predicted molar refractivity (Wildman–Crippen MR) is 156 cm³/mol. The molecule has 2 saturated heterocycles. The maximum absolute atomic E-state index is 13.8. The first-order valence-electron chi connectivity index (χ1n) is 14.5. The second-order valence-corrected chi connectivity index (χ2v) is 11.5. The van der Waals surface area contributed by atoms with Crippen molar-refractivity contribution < 1.29 is 28.6 Å². The molecule has 42 heavy (non-hydrogen) atoms. The fourth-order valence-corrected chi connectivity index (χ4v) is 6.94. The molecule has 0 bridgehead atoms. The molecule has 0 radical (unpaired) electrons. The van der Waals surface area contributed by atoms with E-state index in [-0.39, 0.29) is 24.4 Å². The van der Waals surface area contributed by atoms with Crippen molar-refractivity contribution in [3.8, 4) is 5.75 Å². The van der Waals surface area contributed by atoms with Gasteiger partial charge in [-0.05, 0) is 54.8 Å². The Morgan fingerprint density at radius 1 is 1.10 bits per heavy atom. The van der Waals surface area contributed by atoms with Crippen LogP contribution in [0.15, 0.2) is 42.5 Å². The normalized spacial score (nSPS) is 20.5. The zero-order chi connectivity index (χ0) is 29.4. The second kappa shape index (κ2) is 11.5. The van der Waals surface area contributed by atoms with Gasteiger partial charge >= 0.3 is 6.03 Å². The molecule has 0 unspecified atom stereocenters. The van der Waals surface area contributed by atoms with E-state index < -0.39 is 11.5 Å². The van der Waals surface area contributed by atoms with Gasteiger partial charge in [-0.1, -0.05) is 0 Å². The van der Waals surface area contributed by atoms with Crippen molar-refractivity contribution >= 4 is 28.5 Å². The number of benzene rings is 2. The fraction of sp³-hybridized carbons (Fsp3) is 0.484. The summed E-state index contributed by atoms with van der Waals surface area (Å²) in [6, 6.07) is 10.7. The van der Waals surface area contributed by atoms with Gasteiger partial charge in [0.1, 0.15) is 11.6 Å². The third kappa shape index (κ3) is 5.10. The Bertz CT molecular complexity index is 1460. The third-order valence-electron chi connectivity index (χ3n) is 9.21. The number of piperidine rings is 1. The van der Waals surface area contributed by atoms with Gasteiger partial charge in [0.25, 0.3) is 0 Å². The molecule has 224 valence electrons. The lowest BCUT2D eigenvalue weighted by Gasteiger charge is -2.50. The highest BCUT2D eigenvalue weighted by Gasteiger charge is 2.50. The molecule has 11 heteroatoms. The molecule has 3 amide bonds. The molecule has 1 spiro atoms. The van der Waals surface area contributed by atoms with Crippen LogP contribution in [-0.2, 0) is 22.0 Å². The maximum atomic E-state index is 13.8. The number of morpholine rings is 1. The SMILES string of the molecule is COc1ccc2c3c(n(C)c2c1)[C@H](CO)N(C(=O)Nc1ccc(F)cc1)CC31CCN(C(=O)CN2CCOCC2)CC1. The number of amides is 3. The van der Waals surface area contributed by atoms with Crippen LogP contribution in [0, 0.1) is 5.82 Å². The van der Waals surface area contributed by atoms with Crippen LogP contribution in [0.1, 0.15) is 30.1 Å². The monoisotopic (exact) mass is 579 g/mol. The molecule has 10 nitrogen and oxygen atoms in total. The highest BCUT2D eigenvalue weighted by molar-refractivity contribution is 5.92. The molecule has 2 N–H and O–H groups in total. The lowest BCUT2D eigenvalue weighted by atomic mass is 9.68. The number of carbonyl (C=O) groups excluding carboxylic acids is 2. The Morgan fingerprint density at radius 2 is 1.81 bits per heavy atom. The zero-order valence-electron chi connectivity index (χ0n) is 24.1. The number of anilines is 1. The number of halogens is 1. The molecule has 0 saturated carbocycles. The van der Waals surface area contributed by atoms with Gasteiger partial charge in [0.05, 0.1) is 45.0 Å². The lowest BCUT2D eigenvalue weighted by molar-refractivity contribution is -0.135. The van der Waals surface area contributed by atoms with E-state index >= 15 is 0 Å². The summed E-state index contributed by atoms with van der Waals surface area (Å²) in [4.78, 5) is 32.8. The van der Waals surface area contributed by atoms with E-state index in [2.05, 4.69) is 20.9 Å². The van der Waals surface area contributed by atoms with E-state index in [1.165, 1.54) is 24.3 Å². The standard InChI is InChI=1S/C31H38FN5O5/c1-34-25-17-23(41-2)7-8-24(25)28-29(34)26(19-38)37(30(40)33-22-5-3-21(32)4-6-22)20-31(28)9-11-36(12-10-31)27(39)18-35-13-15-42-16-14-35/h3-8,17,26,38H,9-16,18-20H2,1-2H3,(H,33,40)/t26-/m0/s1. The first-order valence-corrected chi connectivity index (χ1v) is 14.5. The number of aryl methyl sites for hydroxylation is 1. The number of rotatable bonds is 5. The number of aromatic nitrogens is 1. The number of likely N-dealkylation sites (tertiary alicyclic amines) is 1. The van der Waals surface area contributed by atoms with Crippen LogP contribution in [0.2, 0.25) is 0 Å². The van der Waals surface area contributed by atoms with Crippen LogP contribution < -0.4 is 10.1 Å². The number of carbonyl (C=O) groups is 2. The van der Waals surface area contributed by atoms with E-state index in [1.54, 1.807) is 12.0 Å². The van der Waals surface area contributed by atoms with Gasteiger partial charge in [-0.15, -0.1) is 0 Å². The molecule has 0 aliphatic carbocycles. The lowest BCUT2D eigenvalue weighted by Crippen LogP contribution is -2.57. The van der Waals surface area contributed by atoms with Crippen molar-refractivity contribution in [3.05, 3.63) is 59.5 Å². The molecule has 3 aliphatic heterocycles. The Balaban J connectivity index is 1.35. The van der Waals surface area contributed by atoms with Gasteiger partial charge in [0.2, 0.25) is 5.91 Å². The number of fused-ring (bicyclic) bond motifs is 4. The Kier molecular flexibility index (Phi) is 7.82. The maximum Gasteiger partial charge on any atom is 0.322 e. The Labute approximate surface area is 244 Å². The number of aliphatic hydroxyl groups excluding tert-OH is 1. The summed E-state index contributed by atoms with van der Waals surface area (Å²) in [7, 11) is 3.59. The summed E-state index contributed by atoms with van der Waals surface area (Å²) in [5.41, 5.74) is 3.03. The predicted octanol–water partition coefficient (Wildman–Crippen LogP) is 3.10. The van der Waals surface area contributed by atoms with Gasteiger partial charge in [-0.3, -0.25) is 9.69 Å². The molecule has 6 rings (SSSR count). The molecule has 3 aliphatic rings. The fourth-order valence-electron chi connectivity index (χ4n) is 6.94. The van der Waals surface area contributed by atoms with Gasteiger partial charge in [0.15, 0.2) is 0 Å². The number of hydrogen-bond acceptors (Lipinski definition) is 6. The molecule has 3 aromatic rings. The number of nitrogens with one attached hydrogen (secondary N) is 1. The van der Waals surface area contributed by atoms with Gasteiger partial charge in [-0.2, -0.15) is 0 Å². The van der Waals surface area contributed by atoms with Crippen molar-refractivity contribution in [2.75, 3.05) is 71.5 Å². The first kappa shape index (κ1) is 28.4. The van der Waals surface area contributed by atoms with E-state index in [1.807, 2.05) is 24.1 Å². The van der Waals surface area contributed by atoms with E-state index in [0.29, 0.717) is 57.9 Å². The van der Waals surface area contributed by atoms with Crippen LogP contribution in [0.4, 0.5) is 14.9 Å². The quantitative estimate of drug-likeness (QED) is 0.482. The number of aliphatic hydroxyl groups is 1. The number of ether oxygens (including phenoxy) is 2. The van der Waals surface area contributed by atoms with Crippen molar-refractivity contribution in [3.63, 3.8) is 0 Å². The molecule has 4 heterocycles. The van der Waals surface area contributed by atoms with Crippen molar-refractivity contribution in [1.29, 1.82) is 0 Å². The largest absolute Gasteiger partial charge is 0.497 e. The summed E-state index contributed by atoms with van der Waals surface area (Å²) in [5, 5.41) is 14.7. The third-order valence-corrected chi connectivity index (χ3v) is 9.21. The summed E-state index contributed by atoms with van der Waals surface area (Å²) >= 11 is 0. The van der Waals surface area contributed by atoms with E-state index in [9.17, 15) is 19.1 Å². The number of methoxy groups -OCH3 is 1. The Hall–Kier alpha value is -3.67. The van der Waals surface area contributed by atoms with Gasteiger partial charge < -0.3 is 34.3 Å². The van der Waals surface area contributed by atoms with Crippen LogP contribution in [0.3, 0.4) is 0 Å². The Morgan fingerprint density at radius 3 is 2.48 bits per heavy atom. The molecule has 1 atom stereocenters. The number of urea groups is 1. The van der Waals surface area contributed by atoms with Crippen LogP contribution in [0.5, 0.6) is 5.75 Å². The van der Waals surface area contributed by atoms with Gasteiger partial charge in [0, 0.05) is 68.0 Å². The highest BCUT2D eigenvalue weighted by atomic mass is 19.1. The van der Waals surface area contributed by atoms with E-state index in [0.717, 1.165) is 41.0 Å². The summed E-state index contributed by atoms with van der Waals surface area (Å²) in [6.45, 7) is 4.47. The first-order chi connectivity index (χ1) is 20.3. The highest BCUT2D eigenvalue weighted by Crippen LogP contribution is 2.50. The van der Waals surface area contributed by atoms with Crippen LogP contribution in [-0.4, -0.2) is 103 Å². The topological polar surface area (TPSA) is 99.5 Å². The molecule has 1 aromatic heterocycles. The smallest absolute Gasteiger partial charge is 0.322 e. The zero-order valence-corrected chi connectivity index (χ0v) is 24.1. The minimum absolute atomic E-state index is 0.115. The van der Waals surface area contributed by atoms with Crippen molar-refractivity contribution in [1.82, 2.24) is 19.3 Å². The number of nitrogens with zero attached hydrogens (tertiary/aromatic N) is 4. The molecular formula is C31H38FN5O5.